The second-order valence-corrected chi connectivity index (χ2v) is 5.79. The summed E-state index contributed by atoms with van der Waals surface area (Å²) >= 11 is 1.32. The molecule has 2 N–H and O–H groups in total. The Bertz CT molecular complexity index is 860. The molecular weight excluding hydrogens is 303 g/mol. The van der Waals surface area contributed by atoms with E-state index in [2.05, 4.69) is 0 Å². The standard InChI is InChI=1S/C17H11FO3S/c18-10-5-7-11(8-6-10)22-15-9-14(17(20)21)16(19)13-4-2-1-3-12(13)15/h1-9,19H,(H,20,21). The van der Waals surface area contributed by atoms with Gasteiger partial charge >= 0.3 is 5.97 Å². The van der Waals surface area contributed by atoms with Gasteiger partial charge in [0.1, 0.15) is 17.1 Å². The molecule has 5 heteroatoms. The molecule has 0 aromatic heterocycles. The molecule has 0 atom stereocenters. The Balaban J connectivity index is 2.17. The van der Waals surface area contributed by atoms with E-state index in [0.29, 0.717) is 10.3 Å². The number of carboxylic acid groups (broad SMARTS) is 1. The fourth-order valence-corrected chi connectivity index (χ4v) is 3.19. The van der Waals surface area contributed by atoms with Crippen molar-refractivity contribution < 1.29 is 19.4 Å². The Morgan fingerprint density at radius 3 is 2.27 bits per heavy atom. The van der Waals surface area contributed by atoms with E-state index in [4.69, 9.17) is 0 Å². The molecule has 3 aromatic carbocycles. The maximum absolute atomic E-state index is 13.0. The van der Waals surface area contributed by atoms with Crippen LogP contribution < -0.4 is 0 Å². The lowest BCUT2D eigenvalue weighted by Crippen LogP contribution is -1.98. The molecule has 0 radical (unpaired) electrons. The van der Waals surface area contributed by atoms with Gasteiger partial charge in [-0.1, -0.05) is 36.0 Å². The average Bonchev–Trinajstić information content (AvgIpc) is 2.52. The van der Waals surface area contributed by atoms with Crippen LogP contribution in [-0.2, 0) is 0 Å². The van der Waals surface area contributed by atoms with E-state index in [1.54, 1.807) is 24.3 Å². The molecule has 22 heavy (non-hydrogen) atoms. The SMILES string of the molecule is O=C(O)c1cc(Sc2ccc(F)cc2)c2ccccc2c1O. The monoisotopic (exact) mass is 314 g/mol. The molecule has 0 saturated heterocycles. The first-order chi connectivity index (χ1) is 10.6. The Hall–Kier alpha value is -2.53. The summed E-state index contributed by atoms with van der Waals surface area (Å²) in [5.74, 6) is -1.76. The van der Waals surface area contributed by atoms with Gasteiger partial charge in [-0.25, -0.2) is 9.18 Å². The lowest BCUT2D eigenvalue weighted by atomic mass is 10.1. The van der Waals surface area contributed by atoms with Crippen LogP contribution >= 0.6 is 11.8 Å². The summed E-state index contributed by atoms with van der Waals surface area (Å²) in [7, 11) is 0. The first kappa shape index (κ1) is 14.4. The highest BCUT2D eigenvalue weighted by Crippen LogP contribution is 2.39. The molecule has 0 aliphatic rings. The third-order valence-electron chi connectivity index (χ3n) is 3.25. The topological polar surface area (TPSA) is 57.5 Å². The summed E-state index contributed by atoms with van der Waals surface area (Å²) < 4.78 is 13.0. The van der Waals surface area contributed by atoms with Crippen LogP contribution in [0.1, 0.15) is 10.4 Å². The minimum absolute atomic E-state index is 0.150. The summed E-state index contributed by atoms with van der Waals surface area (Å²) in [6.07, 6.45) is 0. The second-order valence-electron chi connectivity index (χ2n) is 4.68. The maximum Gasteiger partial charge on any atom is 0.339 e. The zero-order valence-electron chi connectivity index (χ0n) is 11.3. The molecule has 0 saturated carbocycles. The molecule has 3 rings (SSSR count). The molecule has 0 spiro atoms. The van der Waals surface area contributed by atoms with Crippen LogP contribution in [0.3, 0.4) is 0 Å². The zero-order chi connectivity index (χ0) is 15.7. The first-order valence-corrected chi connectivity index (χ1v) is 7.29. The molecule has 0 amide bonds. The number of aromatic hydroxyl groups is 1. The van der Waals surface area contributed by atoms with Crippen LogP contribution in [0.2, 0.25) is 0 Å². The number of hydrogen-bond acceptors (Lipinski definition) is 3. The number of phenols is 1. The zero-order valence-corrected chi connectivity index (χ0v) is 12.1. The Kier molecular flexibility index (Phi) is 3.73. The van der Waals surface area contributed by atoms with Crippen molar-refractivity contribution in [2.75, 3.05) is 0 Å². The highest BCUT2D eigenvalue weighted by Gasteiger charge is 2.16. The van der Waals surface area contributed by atoms with Crippen molar-refractivity contribution in [2.45, 2.75) is 9.79 Å². The highest BCUT2D eigenvalue weighted by molar-refractivity contribution is 7.99. The predicted octanol–water partition coefficient (Wildman–Crippen LogP) is 4.53. The number of rotatable bonds is 3. The van der Waals surface area contributed by atoms with Gasteiger partial charge < -0.3 is 10.2 Å². The summed E-state index contributed by atoms with van der Waals surface area (Å²) in [5, 5.41) is 20.6. The second kappa shape index (κ2) is 5.69. The van der Waals surface area contributed by atoms with Crippen molar-refractivity contribution >= 4 is 28.5 Å². The Labute approximate surface area is 130 Å². The lowest BCUT2D eigenvalue weighted by molar-refractivity contribution is 0.0694. The average molecular weight is 314 g/mol. The summed E-state index contributed by atoms with van der Waals surface area (Å²) in [6.45, 7) is 0. The lowest BCUT2D eigenvalue weighted by Gasteiger charge is -2.10. The summed E-state index contributed by atoms with van der Waals surface area (Å²) in [6, 6.07) is 14.4. The number of halogens is 1. The molecule has 0 fully saturated rings. The van der Waals surface area contributed by atoms with Crippen molar-refractivity contribution in [3.63, 3.8) is 0 Å². The van der Waals surface area contributed by atoms with E-state index < -0.39 is 5.97 Å². The molecular formula is C17H11FO3S. The van der Waals surface area contributed by atoms with Gasteiger partial charge in [-0.2, -0.15) is 0 Å². The molecule has 0 aliphatic carbocycles. The maximum atomic E-state index is 13.0. The quantitative estimate of drug-likeness (QED) is 0.745. The summed E-state index contributed by atoms with van der Waals surface area (Å²) in [4.78, 5) is 12.8. The third-order valence-corrected chi connectivity index (χ3v) is 4.32. The number of carbonyl (C=O) groups is 1. The van der Waals surface area contributed by atoms with E-state index in [9.17, 15) is 19.4 Å². The number of fused-ring (bicyclic) bond motifs is 1. The van der Waals surface area contributed by atoms with Crippen LogP contribution in [0, 0.1) is 5.82 Å². The van der Waals surface area contributed by atoms with E-state index in [-0.39, 0.29) is 17.1 Å². The number of hydrogen-bond donors (Lipinski definition) is 2. The third kappa shape index (κ3) is 2.63. The minimum atomic E-state index is -1.19. The Morgan fingerprint density at radius 1 is 1.00 bits per heavy atom. The van der Waals surface area contributed by atoms with Gasteiger partial charge in [0, 0.05) is 15.2 Å². The largest absolute Gasteiger partial charge is 0.506 e. The smallest absolute Gasteiger partial charge is 0.339 e. The van der Waals surface area contributed by atoms with Crippen molar-refractivity contribution in [1.29, 1.82) is 0 Å². The van der Waals surface area contributed by atoms with E-state index in [1.807, 2.05) is 12.1 Å². The normalized spacial score (nSPS) is 10.8. The fourth-order valence-electron chi connectivity index (χ4n) is 2.20. The van der Waals surface area contributed by atoms with Gasteiger partial charge in [0.25, 0.3) is 0 Å². The highest BCUT2D eigenvalue weighted by atomic mass is 32.2. The molecule has 110 valence electrons. The molecule has 3 nitrogen and oxygen atoms in total. The summed E-state index contributed by atoms with van der Waals surface area (Å²) in [5.41, 5.74) is -0.150. The van der Waals surface area contributed by atoms with Crippen molar-refractivity contribution in [2.24, 2.45) is 0 Å². The van der Waals surface area contributed by atoms with Gasteiger partial charge in [0.05, 0.1) is 0 Å². The van der Waals surface area contributed by atoms with Gasteiger partial charge in [-0.3, -0.25) is 0 Å². The molecule has 0 bridgehead atoms. The number of aromatic carboxylic acids is 1. The van der Waals surface area contributed by atoms with E-state index >= 15 is 0 Å². The van der Waals surface area contributed by atoms with E-state index in [1.165, 1.54) is 30.0 Å². The first-order valence-electron chi connectivity index (χ1n) is 6.47. The predicted molar refractivity (Wildman–Crippen MR) is 83.1 cm³/mol. The molecule has 0 aliphatic heterocycles. The van der Waals surface area contributed by atoms with Crippen molar-refractivity contribution in [3.05, 3.63) is 66.0 Å². The Morgan fingerprint density at radius 2 is 1.64 bits per heavy atom. The van der Waals surface area contributed by atoms with Crippen LogP contribution in [0.4, 0.5) is 4.39 Å². The van der Waals surface area contributed by atoms with Gasteiger partial charge in [-0.15, -0.1) is 0 Å². The van der Waals surface area contributed by atoms with Gasteiger partial charge in [-0.05, 0) is 35.7 Å². The van der Waals surface area contributed by atoms with Crippen LogP contribution in [0.5, 0.6) is 5.75 Å². The van der Waals surface area contributed by atoms with Crippen LogP contribution in [0.15, 0.2) is 64.4 Å². The number of benzene rings is 3. The van der Waals surface area contributed by atoms with Crippen LogP contribution in [0.25, 0.3) is 10.8 Å². The minimum Gasteiger partial charge on any atom is -0.506 e. The molecule has 0 heterocycles. The molecule has 0 unspecified atom stereocenters. The van der Waals surface area contributed by atoms with Crippen molar-refractivity contribution in [1.82, 2.24) is 0 Å². The molecule has 3 aromatic rings. The van der Waals surface area contributed by atoms with E-state index in [0.717, 1.165) is 10.3 Å². The van der Waals surface area contributed by atoms with Crippen LogP contribution in [-0.4, -0.2) is 16.2 Å². The van der Waals surface area contributed by atoms with Crippen molar-refractivity contribution in [3.8, 4) is 5.75 Å². The number of carboxylic acids is 1. The van der Waals surface area contributed by atoms with Gasteiger partial charge in [0.2, 0.25) is 0 Å². The van der Waals surface area contributed by atoms with Gasteiger partial charge in [0.15, 0.2) is 0 Å². The fraction of sp³-hybridized carbons (Fsp3) is 0.